The van der Waals surface area contributed by atoms with Crippen molar-refractivity contribution in [3.8, 4) is 0 Å². The van der Waals surface area contributed by atoms with E-state index in [2.05, 4.69) is 45.4 Å². The number of dihydropyridines is 1. The van der Waals surface area contributed by atoms with Gasteiger partial charge < -0.3 is 10.6 Å². The van der Waals surface area contributed by atoms with E-state index < -0.39 is 0 Å². The predicted octanol–water partition coefficient (Wildman–Crippen LogP) is 5.15. The summed E-state index contributed by atoms with van der Waals surface area (Å²) < 4.78 is 0.839. The first-order chi connectivity index (χ1) is 13.7. The Bertz CT molecular complexity index is 1040. The van der Waals surface area contributed by atoms with Crippen molar-refractivity contribution in [2.75, 3.05) is 5.32 Å². The number of carbonyl (C=O) groups excluding carboxylic acids is 2. The lowest BCUT2D eigenvalue weighted by atomic mass is 9.69. The summed E-state index contributed by atoms with van der Waals surface area (Å²) in [5.74, 6) is -0.0280. The molecule has 0 fully saturated rings. The third kappa shape index (κ3) is 3.94. The molecule has 2 aromatic rings. The van der Waals surface area contributed by atoms with Gasteiger partial charge in [0.1, 0.15) is 5.82 Å². The fourth-order valence-electron chi connectivity index (χ4n) is 4.14. The van der Waals surface area contributed by atoms with Gasteiger partial charge in [0, 0.05) is 45.5 Å². The highest BCUT2D eigenvalue weighted by Crippen LogP contribution is 2.47. The molecular formula is C22H22BrN3O2S. The second-order valence-corrected chi connectivity index (χ2v) is 10.00. The third-order valence-corrected chi connectivity index (χ3v) is 6.50. The highest BCUT2D eigenvalue weighted by molar-refractivity contribution is 9.10. The molecular weight excluding hydrogens is 450 g/mol. The van der Waals surface area contributed by atoms with Crippen LogP contribution in [0.4, 0.5) is 5.82 Å². The number of nitrogens with one attached hydrogen (secondary N) is 2. The summed E-state index contributed by atoms with van der Waals surface area (Å²) in [6.07, 6.45) is 2.91. The Morgan fingerprint density at radius 2 is 2.10 bits per heavy atom. The van der Waals surface area contributed by atoms with Crippen LogP contribution in [0.3, 0.4) is 0 Å². The number of amides is 1. The number of Topliss-reactive ketones (excluding diaryl/α,β-unsaturated/α-hetero) is 1. The number of ketones is 1. The molecule has 0 saturated carbocycles. The zero-order valence-corrected chi connectivity index (χ0v) is 18.9. The number of nitrogens with zero attached hydrogens (tertiary/aromatic N) is 1. The molecule has 1 atom stereocenters. The SMILES string of the molecule is CC1=C(C(=O)Nc2ccc(Br)cn2)[C@@H](c2ccsc2)C2=C(CC(C)(C)CC2=O)N1. The highest BCUT2D eigenvalue weighted by Gasteiger charge is 2.42. The fraction of sp³-hybridized carbons (Fsp3) is 0.318. The summed E-state index contributed by atoms with van der Waals surface area (Å²) in [5, 5.41) is 10.3. The minimum atomic E-state index is -0.364. The van der Waals surface area contributed by atoms with E-state index >= 15 is 0 Å². The lowest BCUT2D eigenvalue weighted by molar-refractivity contribution is -0.118. The Balaban J connectivity index is 1.75. The number of halogens is 1. The van der Waals surface area contributed by atoms with E-state index in [-0.39, 0.29) is 23.0 Å². The quantitative estimate of drug-likeness (QED) is 0.649. The van der Waals surface area contributed by atoms with Crippen molar-refractivity contribution >= 4 is 44.8 Å². The van der Waals surface area contributed by atoms with Crippen molar-refractivity contribution in [3.05, 3.63) is 67.7 Å². The van der Waals surface area contributed by atoms with Gasteiger partial charge in [0.15, 0.2) is 5.78 Å². The largest absolute Gasteiger partial charge is 0.362 e. The van der Waals surface area contributed by atoms with Gasteiger partial charge >= 0.3 is 0 Å². The van der Waals surface area contributed by atoms with Crippen LogP contribution in [0.1, 0.15) is 45.1 Å². The van der Waals surface area contributed by atoms with Crippen LogP contribution in [0.25, 0.3) is 0 Å². The number of pyridine rings is 1. The van der Waals surface area contributed by atoms with E-state index in [1.54, 1.807) is 23.6 Å². The number of aromatic nitrogens is 1. The van der Waals surface area contributed by atoms with Crippen molar-refractivity contribution in [2.45, 2.75) is 39.5 Å². The van der Waals surface area contributed by atoms with Crippen LogP contribution in [0.15, 0.2) is 62.2 Å². The summed E-state index contributed by atoms with van der Waals surface area (Å²) in [4.78, 5) is 30.7. The molecule has 0 spiro atoms. The minimum Gasteiger partial charge on any atom is -0.362 e. The summed E-state index contributed by atoms with van der Waals surface area (Å²) in [6.45, 7) is 6.12. The molecule has 0 aromatic carbocycles. The second kappa shape index (κ2) is 7.54. The maximum atomic E-state index is 13.3. The first-order valence-corrected chi connectivity index (χ1v) is 11.2. The molecule has 1 aliphatic heterocycles. The van der Waals surface area contributed by atoms with Crippen LogP contribution >= 0.6 is 27.3 Å². The Morgan fingerprint density at radius 3 is 2.76 bits per heavy atom. The highest BCUT2D eigenvalue weighted by atomic mass is 79.9. The molecule has 5 nitrogen and oxygen atoms in total. The van der Waals surface area contributed by atoms with Crippen molar-refractivity contribution in [3.63, 3.8) is 0 Å². The Morgan fingerprint density at radius 1 is 1.31 bits per heavy atom. The monoisotopic (exact) mass is 471 g/mol. The predicted molar refractivity (Wildman–Crippen MR) is 119 cm³/mol. The summed E-state index contributed by atoms with van der Waals surface area (Å²) >= 11 is 4.92. The first kappa shape index (κ1) is 20.0. The van der Waals surface area contributed by atoms with Crippen LogP contribution < -0.4 is 10.6 Å². The third-order valence-electron chi connectivity index (χ3n) is 5.33. The Kier molecular flexibility index (Phi) is 5.21. The molecule has 0 saturated heterocycles. The van der Waals surface area contributed by atoms with Crippen LogP contribution in [-0.4, -0.2) is 16.7 Å². The summed E-state index contributed by atoms with van der Waals surface area (Å²) in [7, 11) is 0. The average molecular weight is 472 g/mol. The van der Waals surface area contributed by atoms with Gasteiger partial charge in [-0.3, -0.25) is 9.59 Å². The van der Waals surface area contributed by atoms with Crippen molar-refractivity contribution < 1.29 is 9.59 Å². The lowest BCUT2D eigenvalue weighted by Gasteiger charge is -2.39. The maximum Gasteiger partial charge on any atom is 0.255 e. The van der Waals surface area contributed by atoms with E-state index in [0.29, 0.717) is 17.8 Å². The van der Waals surface area contributed by atoms with E-state index in [9.17, 15) is 9.59 Å². The average Bonchev–Trinajstić information content (AvgIpc) is 3.15. The number of thiophene rings is 1. The summed E-state index contributed by atoms with van der Waals surface area (Å²) in [6, 6.07) is 5.57. The molecule has 1 amide bonds. The Hall–Kier alpha value is -2.25. The Labute approximate surface area is 182 Å². The van der Waals surface area contributed by atoms with Crippen LogP contribution in [0.5, 0.6) is 0 Å². The topological polar surface area (TPSA) is 71.1 Å². The molecule has 0 bridgehead atoms. The van der Waals surface area contributed by atoms with E-state index in [1.165, 1.54) is 0 Å². The van der Waals surface area contributed by atoms with Gasteiger partial charge in [0.25, 0.3) is 5.91 Å². The molecule has 0 radical (unpaired) electrons. The first-order valence-electron chi connectivity index (χ1n) is 9.44. The fourth-order valence-corrected chi connectivity index (χ4v) is 5.06. The van der Waals surface area contributed by atoms with Gasteiger partial charge in [-0.1, -0.05) is 13.8 Å². The van der Waals surface area contributed by atoms with Crippen molar-refractivity contribution in [1.82, 2.24) is 10.3 Å². The van der Waals surface area contributed by atoms with Gasteiger partial charge in [-0.25, -0.2) is 4.98 Å². The number of rotatable bonds is 3. The molecule has 150 valence electrons. The molecule has 2 N–H and O–H groups in total. The number of allylic oxidation sites excluding steroid dienone is 3. The number of anilines is 1. The standard InChI is InChI=1S/C22H22BrN3O2S/c1-12-18(21(28)26-17-5-4-14(23)10-24-17)19(13-6-7-29-11-13)20-15(25-12)8-22(2,3)9-16(20)27/h4-7,10-11,19,25H,8-9H2,1-3H3,(H,24,26,28)/t19-/m1/s1. The van der Waals surface area contributed by atoms with Gasteiger partial charge in [0.2, 0.25) is 0 Å². The lowest BCUT2D eigenvalue weighted by Crippen LogP contribution is -2.39. The second-order valence-electron chi connectivity index (χ2n) is 8.30. The molecule has 4 rings (SSSR count). The van der Waals surface area contributed by atoms with Crippen molar-refractivity contribution in [2.24, 2.45) is 5.41 Å². The normalized spacial score (nSPS) is 21.0. The smallest absolute Gasteiger partial charge is 0.255 e. The van der Waals surface area contributed by atoms with E-state index in [4.69, 9.17) is 0 Å². The molecule has 0 unspecified atom stereocenters. The van der Waals surface area contributed by atoms with E-state index in [0.717, 1.165) is 33.4 Å². The van der Waals surface area contributed by atoms with E-state index in [1.807, 2.05) is 29.8 Å². The van der Waals surface area contributed by atoms with Gasteiger partial charge in [-0.15, -0.1) is 0 Å². The number of carbonyl (C=O) groups is 2. The molecule has 29 heavy (non-hydrogen) atoms. The zero-order chi connectivity index (χ0) is 20.8. The maximum absolute atomic E-state index is 13.3. The molecule has 2 aliphatic rings. The van der Waals surface area contributed by atoms with Crippen LogP contribution in [0.2, 0.25) is 0 Å². The molecule has 1 aliphatic carbocycles. The zero-order valence-electron chi connectivity index (χ0n) is 16.5. The summed E-state index contributed by atoms with van der Waals surface area (Å²) in [5.41, 5.74) is 3.90. The molecule has 3 heterocycles. The van der Waals surface area contributed by atoms with Crippen molar-refractivity contribution in [1.29, 1.82) is 0 Å². The van der Waals surface area contributed by atoms with Gasteiger partial charge in [0.05, 0.1) is 0 Å². The molecule has 7 heteroatoms. The molecule has 2 aromatic heterocycles. The number of hydrogen-bond donors (Lipinski definition) is 2. The van der Waals surface area contributed by atoms with Gasteiger partial charge in [-0.05, 0) is 69.2 Å². The number of hydrogen-bond acceptors (Lipinski definition) is 5. The minimum absolute atomic E-state index is 0.0937. The van der Waals surface area contributed by atoms with Crippen LogP contribution in [-0.2, 0) is 9.59 Å². The van der Waals surface area contributed by atoms with Gasteiger partial charge in [-0.2, -0.15) is 11.3 Å². The van der Waals surface area contributed by atoms with Crippen LogP contribution in [0, 0.1) is 5.41 Å².